The van der Waals surface area contributed by atoms with Crippen LogP contribution in [0.2, 0.25) is 0 Å². The number of hydrogen-bond donors (Lipinski definition) is 2. The number of carbonyl (C=O) groups is 1. The molecule has 1 aromatic rings. The molecule has 0 atom stereocenters. The van der Waals surface area contributed by atoms with Crippen molar-refractivity contribution in [2.24, 2.45) is 5.73 Å². The van der Waals surface area contributed by atoms with Crippen LogP contribution in [-0.2, 0) is 10.2 Å². The van der Waals surface area contributed by atoms with Crippen LogP contribution in [0.4, 0.5) is 5.69 Å². The lowest BCUT2D eigenvalue weighted by molar-refractivity contribution is -0.114. The predicted molar refractivity (Wildman–Crippen MR) is 84.1 cm³/mol. The summed E-state index contributed by atoms with van der Waals surface area (Å²) in [6, 6.07) is 9.73. The predicted octanol–water partition coefficient (Wildman–Crippen LogP) is 2.98. The highest BCUT2D eigenvalue weighted by Gasteiger charge is 2.15. The number of primary amides is 1. The topological polar surface area (TPSA) is 78.9 Å². The Labute approximate surface area is 124 Å². The van der Waals surface area contributed by atoms with E-state index in [-0.39, 0.29) is 11.0 Å². The van der Waals surface area contributed by atoms with E-state index in [1.54, 1.807) is 6.26 Å². The first-order chi connectivity index (χ1) is 9.29. The normalized spacial score (nSPS) is 12.3. The molecule has 0 saturated heterocycles. The van der Waals surface area contributed by atoms with Gasteiger partial charge in [-0.25, -0.2) is 0 Å². The lowest BCUT2D eigenvalue weighted by Gasteiger charge is -2.20. The fraction of sp³-hybridized carbons (Fsp3) is 0.333. The molecule has 4 nitrogen and oxygen atoms in total. The number of benzene rings is 1. The van der Waals surface area contributed by atoms with E-state index in [1.165, 1.54) is 17.3 Å². The van der Waals surface area contributed by atoms with Gasteiger partial charge in [0.2, 0.25) is 0 Å². The van der Waals surface area contributed by atoms with E-state index in [1.807, 2.05) is 30.3 Å². The number of nitrogens with one attached hydrogen (secondary N) is 1. The molecular formula is C15H19N3OS. The van der Waals surface area contributed by atoms with Gasteiger partial charge in [-0.1, -0.05) is 32.9 Å². The van der Waals surface area contributed by atoms with Crippen LogP contribution in [-0.4, -0.2) is 12.2 Å². The number of amides is 1. The molecular weight excluding hydrogens is 270 g/mol. The molecule has 0 aromatic heterocycles. The number of rotatable bonds is 4. The Morgan fingerprint density at radius 2 is 2.05 bits per heavy atom. The minimum absolute atomic E-state index is 0.0304. The number of anilines is 1. The smallest absolute Gasteiger partial charge is 0.262 e. The zero-order valence-electron chi connectivity index (χ0n) is 12.2. The fourth-order valence-corrected chi connectivity index (χ4v) is 2.20. The molecule has 0 unspecified atom stereocenters. The molecule has 0 spiro atoms. The number of nitrogens with zero attached hydrogens (tertiary/aromatic N) is 1. The Morgan fingerprint density at radius 1 is 1.40 bits per heavy atom. The van der Waals surface area contributed by atoms with Crippen molar-refractivity contribution in [2.75, 3.05) is 11.6 Å². The highest BCUT2D eigenvalue weighted by molar-refractivity contribution is 8.02. The maximum atomic E-state index is 11.2. The third kappa shape index (κ3) is 4.04. The van der Waals surface area contributed by atoms with Gasteiger partial charge in [0.15, 0.2) is 0 Å². The molecule has 3 N–H and O–H groups in total. The molecule has 0 aliphatic heterocycles. The average Bonchev–Trinajstić information content (AvgIpc) is 2.37. The summed E-state index contributed by atoms with van der Waals surface area (Å²) in [6.45, 7) is 6.38. The summed E-state index contributed by atoms with van der Waals surface area (Å²) in [4.78, 5) is 11.2. The van der Waals surface area contributed by atoms with Gasteiger partial charge < -0.3 is 11.1 Å². The van der Waals surface area contributed by atoms with Gasteiger partial charge in [0.1, 0.15) is 11.6 Å². The van der Waals surface area contributed by atoms with Crippen LogP contribution in [0.5, 0.6) is 0 Å². The fourth-order valence-electron chi connectivity index (χ4n) is 1.63. The van der Waals surface area contributed by atoms with Crippen molar-refractivity contribution in [2.45, 2.75) is 26.2 Å². The molecule has 0 radical (unpaired) electrons. The first-order valence-electron chi connectivity index (χ1n) is 6.15. The van der Waals surface area contributed by atoms with Crippen molar-refractivity contribution < 1.29 is 4.79 Å². The molecule has 1 aromatic carbocycles. The lowest BCUT2D eigenvalue weighted by atomic mass is 9.87. The molecule has 20 heavy (non-hydrogen) atoms. The van der Waals surface area contributed by atoms with E-state index < -0.39 is 5.91 Å². The van der Waals surface area contributed by atoms with Crippen molar-refractivity contribution in [1.29, 1.82) is 5.26 Å². The van der Waals surface area contributed by atoms with Crippen LogP contribution in [0.25, 0.3) is 0 Å². The number of thioether (sulfide) groups is 1. The monoisotopic (exact) mass is 289 g/mol. The highest BCUT2D eigenvalue weighted by Crippen LogP contribution is 2.27. The van der Waals surface area contributed by atoms with E-state index in [9.17, 15) is 4.79 Å². The second-order valence-corrected chi connectivity index (χ2v) is 6.16. The summed E-state index contributed by atoms with van der Waals surface area (Å²) in [5.41, 5.74) is 7.17. The van der Waals surface area contributed by atoms with Crippen LogP contribution >= 0.6 is 11.8 Å². The summed E-state index contributed by atoms with van der Waals surface area (Å²) in [7, 11) is 0. The third-order valence-electron chi connectivity index (χ3n) is 2.78. The van der Waals surface area contributed by atoms with Gasteiger partial charge in [-0.2, -0.15) is 5.26 Å². The summed E-state index contributed by atoms with van der Waals surface area (Å²) >= 11 is 1.28. The minimum atomic E-state index is -0.726. The summed E-state index contributed by atoms with van der Waals surface area (Å²) in [5.74, 6) is -0.726. The van der Waals surface area contributed by atoms with Gasteiger partial charge in [0.25, 0.3) is 5.91 Å². The summed E-state index contributed by atoms with van der Waals surface area (Å²) in [5, 5.41) is 12.6. The van der Waals surface area contributed by atoms with Gasteiger partial charge in [-0.15, -0.1) is 11.8 Å². The van der Waals surface area contributed by atoms with Gasteiger partial charge in [0.05, 0.1) is 5.03 Å². The van der Waals surface area contributed by atoms with Gasteiger partial charge in [-0.05, 0) is 29.4 Å². The van der Waals surface area contributed by atoms with Crippen LogP contribution in [0.1, 0.15) is 26.3 Å². The van der Waals surface area contributed by atoms with E-state index in [4.69, 9.17) is 11.0 Å². The molecule has 0 bridgehead atoms. The van der Waals surface area contributed by atoms with Crippen molar-refractivity contribution in [1.82, 2.24) is 0 Å². The lowest BCUT2D eigenvalue weighted by Crippen LogP contribution is -2.17. The Hall–Kier alpha value is -1.93. The molecule has 0 saturated carbocycles. The molecule has 1 amide bonds. The van der Waals surface area contributed by atoms with Crippen LogP contribution in [0, 0.1) is 11.3 Å². The standard InChI is InChI=1S/C15H19N3OS/c1-15(2,3)10-6-5-7-11(8-10)18-14(20-4)12(9-16)13(17)19/h5-8,18H,1-4H3,(H2,17,19)/b14-12-. The molecule has 5 heteroatoms. The second kappa shape index (κ2) is 6.49. The first-order valence-corrected chi connectivity index (χ1v) is 7.37. The zero-order chi connectivity index (χ0) is 15.3. The first kappa shape index (κ1) is 16.1. The van der Waals surface area contributed by atoms with E-state index >= 15 is 0 Å². The van der Waals surface area contributed by atoms with Crippen LogP contribution in [0.15, 0.2) is 34.9 Å². The quantitative estimate of drug-likeness (QED) is 0.659. The van der Waals surface area contributed by atoms with Crippen molar-refractivity contribution >= 4 is 23.4 Å². The Bertz CT molecular complexity index is 580. The van der Waals surface area contributed by atoms with E-state index in [0.717, 1.165) is 5.69 Å². The van der Waals surface area contributed by atoms with Gasteiger partial charge >= 0.3 is 0 Å². The van der Waals surface area contributed by atoms with Gasteiger partial charge in [-0.3, -0.25) is 4.79 Å². The Kier molecular flexibility index (Phi) is 5.23. The number of nitrogens with two attached hydrogens (primary N) is 1. The van der Waals surface area contributed by atoms with Crippen molar-refractivity contribution in [3.63, 3.8) is 0 Å². The molecule has 0 fully saturated rings. The summed E-state index contributed by atoms with van der Waals surface area (Å²) < 4.78 is 0. The van der Waals surface area contributed by atoms with Gasteiger partial charge in [0, 0.05) is 5.69 Å². The average molecular weight is 289 g/mol. The number of hydrogen-bond acceptors (Lipinski definition) is 4. The van der Waals surface area contributed by atoms with E-state index in [0.29, 0.717) is 5.03 Å². The molecule has 106 valence electrons. The summed E-state index contributed by atoms with van der Waals surface area (Å²) in [6.07, 6.45) is 1.79. The maximum absolute atomic E-state index is 11.2. The Morgan fingerprint density at radius 3 is 2.50 bits per heavy atom. The van der Waals surface area contributed by atoms with Crippen LogP contribution in [0.3, 0.4) is 0 Å². The zero-order valence-corrected chi connectivity index (χ0v) is 13.0. The third-order valence-corrected chi connectivity index (χ3v) is 3.49. The minimum Gasteiger partial charge on any atom is -0.365 e. The van der Waals surface area contributed by atoms with E-state index in [2.05, 4.69) is 26.1 Å². The molecule has 0 aliphatic carbocycles. The van der Waals surface area contributed by atoms with Crippen molar-refractivity contribution in [3.8, 4) is 6.07 Å². The number of nitriles is 1. The maximum Gasteiger partial charge on any atom is 0.262 e. The number of carbonyl (C=O) groups excluding carboxylic acids is 1. The van der Waals surface area contributed by atoms with Crippen molar-refractivity contribution in [3.05, 3.63) is 40.4 Å². The van der Waals surface area contributed by atoms with Crippen LogP contribution < -0.4 is 11.1 Å². The molecule has 0 heterocycles. The SMILES string of the molecule is CS/C(Nc1cccc(C(C)(C)C)c1)=C(/C#N)C(N)=O. The second-order valence-electron chi connectivity index (χ2n) is 5.34. The highest BCUT2D eigenvalue weighted by atomic mass is 32.2. The molecule has 0 aliphatic rings. The largest absolute Gasteiger partial charge is 0.365 e. The molecule has 1 rings (SSSR count). The Balaban J connectivity index is 3.15.